The van der Waals surface area contributed by atoms with Crippen LogP contribution in [0.25, 0.3) is 0 Å². The molecule has 1 rings (SSSR count). The van der Waals surface area contributed by atoms with Crippen LogP contribution >= 0.6 is 22.6 Å². The normalized spacial score (nSPS) is 10.7. The van der Waals surface area contributed by atoms with E-state index < -0.39 is 18.8 Å². The molecule has 0 radical (unpaired) electrons. The minimum atomic E-state index is -2.67. The van der Waals surface area contributed by atoms with Crippen molar-refractivity contribution in [1.29, 1.82) is 0 Å². The summed E-state index contributed by atoms with van der Waals surface area (Å²) >= 11 is 1.82. The third-order valence-electron chi connectivity index (χ3n) is 1.90. The Morgan fingerprint density at radius 3 is 2.73 bits per heavy atom. The number of aryl methyl sites for hydroxylation is 1. The van der Waals surface area contributed by atoms with Gasteiger partial charge in [0.2, 0.25) is 0 Å². The second-order valence-corrected chi connectivity index (χ2v) is 4.07. The van der Waals surface area contributed by atoms with Crippen LogP contribution in [0.5, 0.6) is 0 Å². The molecule has 0 aromatic carbocycles. The molecule has 1 aromatic heterocycles. The highest BCUT2D eigenvalue weighted by Crippen LogP contribution is 2.26. The molecule has 0 spiro atoms. The summed E-state index contributed by atoms with van der Waals surface area (Å²) in [7, 11) is 0. The van der Waals surface area contributed by atoms with Crippen molar-refractivity contribution >= 4 is 28.6 Å². The monoisotopic (exact) mass is 327 g/mol. The lowest BCUT2D eigenvalue weighted by Gasteiger charge is -2.10. The number of hydrogen-bond acceptors (Lipinski definition) is 2. The SMILES string of the molecule is Cc1nc(I)cc(C(F)F)c1CC(=O)O. The van der Waals surface area contributed by atoms with Gasteiger partial charge in [-0.1, -0.05) is 0 Å². The van der Waals surface area contributed by atoms with Gasteiger partial charge in [0.1, 0.15) is 3.70 Å². The lowest BCUT2D eigenvalue weighted by Crippen LogP contribution is -2.08. The first-order chi connectivity index (χ1) is 6.91. The number of carboxylic acids is 1. The number of aromatic nitrogens is 1. The number of carbonyl (C=O) groups is 1. The van der Waals surface area contributed by atoms with Gasteiger partial charge in [0, 0.05) is 11.3 Å². The van der Waals surface area contributed by atoms with Crippen molar-refractivity contribution in [3.8, 4) is 0 Å². The van der Waals surface area contributed by atoms with Crippen LogP contribution in [0.1, 0.15) is 23.2 Å². The molecule has 3 nitrogen and oxygen atoms in total. The number of hydrogen-bond donors (Lipinski definition) is 1. The largest absolute Gasteiger partial charge is 0.481 e. The van der Waals surface area contributed by atoms with Crippen LogP contribution in [-0.2, 0) is 11.2 Å². The van der Waals surface area contributed by atoms with Crippen molar-refractivity contribution in [3.63, 3.8) is 0 Å². The zero-order valence-corrected chi connectivity index (χ0v) is 9.96. The van der Waals surface area contributed by atoms with Gasteiger partial charge in [-0.3, -0.25) is 4.79 Å². The number of alkyl halides is 2. The molecule has 1 aromatic rings. The number of aliphatic carboxylic acids is 1. The third-order valence-corrected chi connectivity index (χ3v) is 2.45. The summed E-state index contributed by atoms with van der Waals surface area (Å²) in [6, 6.07) is 1.22. The van der Waals surface area contributed by atoms with Crippen LogP contribution in [0.2, 0.25) is 0 Å². The molecular formula is C9H8F2INO2. The first-order valence-electron chi connectivity index (χ1n) is 4.07. The van der Waals surface area contributed by atoms with Crippen LogP contribution in [0.15, 0.2) is 6.07 Å². The quantitative estimate of drug-likeness (QED) is 0.686. The van der Waals surface area contributed by atoms with Crippen molar-refractivity contribution in [2.24, 2.45) is 0 Å². The van der Waals surface area contributed by atoms with E-state index in [0.29, 0.717) is 9.39 Å². The number of rotatable bonds is 3. The standard InChI is InChI=1S/C9H8F2INO2/c1-4-5(3-8(14)15)6(9(10)11)2-7(12)13-4/h2,9H,3H2,1H3,(H,14,15). The molecule has 0 atom stereocenters. The Kier molecular flexibility index (Phi) is 3.95. The molecule has 0 unspecified atom stereocenters. The fraction of sp³-hybridized carbons (Fsp3) is 0.333. The van der Waals surface area contributed by atoms with Gasteiger partial charge in [0.15, 0.2) is 0 Å². The highest BCUT2D eigenvalue weighted by atomic mass is 127. The summed E-state index contributed by atoms with van der Waals surface area (Å²) in [5, 5.41) is 8.59. The number of halogens is 3. The predicted octanol–water partition coefficient (Wildman–Crippen LogP) is 2.56. The van der Waals surface area contributed by atoms with E-state index in [1.54, 1.807) is 0 Å². The van der Waals surface area contributed by atoms with Gasteiger partial charge in [-0.15, -0.1) is 0 Å². The average molecular weight is 327 g/mol. The Balaban J connectivity index is 3.26. The minimum Gasteiger partial charge on any atom is -0.481 e. The predicted molar refractivity (Wildman–Crippen MR) is 58.0 cm³/mol. The molecule has 82 valence electrons. The molecule has 0 amide bonds. The van der Waals surface area contributed by atoms with Gasteiger partial charge in [-0.2, -0.15) is 0 Å². The van der Waals surface area contributed by atoms with E-state index >= 15 is 0 Å². The van der Waals surface area contributed by atoms with Crippen molar-refractivity contribution in [2.75, 3.05) is 0 Å². The van der Waals surface area contributed by atoms with E-state index in [1.807, 2.05) is 22.6 Å². The van der Waals surface area contributed by atoms with Crippen molar-refractivity contribution in [1.82, 2.24) is 4.98 Å². The third kappa shape index (κ3) is 3.08. The Morgan fingerprint density at radius 2 is 2.27 bits per heavy atom. The molecule has 0 bridgehead atoms. The first-order valence-corrected chi connectivity index (χ1v) is 5.15. The number of pyridine rings is 1. The van der Waals surface area contributed by atoms with E-state index in [1.165, 1.54) is 13.0 Å². The van der Waals surface area contributed by atoms with Crippen LogP contribution in [-0.4, -0.2) is 16.1 Å². The number of carboxylic acid groups (broad SMARTS) is 1. The van der Waals surface area contributed by atoms with Gasteiger partial charge < -0.3 is 5.11 Å². The summed E-state index contributed by atoms with van der Waals surface area (Å²) in [5.41, 5.74) is 0.215. The first kappa shape index (κ1) is 12.3. The van der Waals surface area contributed by atoms with Crippen LogP contribution in [0, 0.1) is 10.6 Å². The molecular weight excluding hydrogens is 319 g/mol. The summed E-state index contributed by atoms with van der Waals surface area (Å²) < 4.78 is 25.7. The molecule has 0 aliphatic carbocycles. The maximum atomic E-state index is 12.6. The maximum Gasteiger partial charge on any atom is 0.307 e. The highest BCUT2D eigenvalue weighted by Gasteiger charge is 2.18. The van der Waals surface area contributed by atoms with Gasteiger partial charge in [-0.05, 0) is 41.1 Å². The summed E-state index contributed by atoms with van der Waals surface area (Å²) in [6.45, 7) is 1.53. The molecule has 0 saturated carbocycles. The molecule has 0 aliphatic heterocycles. The van der Waals surface area contributed by atoms with Gasteiger partial charge in [-0.25, -0.2) is 13.8 Å². The molecule has 1 heterocycles. The lowest BCUT2D eigenvalue weighted by molar-refractivity contribution is -0.136. The summed E-state index contributed by atoms with van der Waals surface area (Å²) in [5.74, 6) is -1.14. The second kappa shape index (κ2) is 4.82. The Hall–Kier alpha value is -0.790. The zero-order valence-electron chi connectivity index (χ0n) is 7.80. The summed E-state index contributed by atoms with van der Waals surface area (Å²) in [4.78, 5) is 14.5. The summed E-state index contributed by atoms with van der Waals surface area (Å²) in [6.07, 6.45) is -3.09. The highest BCUT2D eigenvalue weighted by molar-refractivity contribution is 14.1. The van der Waals surface area contributed by atoms with E-state index in [9.17, 15) is 13.6 Å². The van der Waals surface area contributed by atoms with E-state index in [4.69, 9.17) is 5.11 Å². The fourth-order valence-corrected chi connectivity index (χ4v) is 1.96. The number of nitrogens with zero attached hydrogens (tertiary/aromatic N) is 1. The second-order valence-electron chi connectivity index (χ2n) is 2.97. The molecule has 0 aliphatic rings. The lowest BCUT2D eigenvalue weighted by atomic mass is 10.0. The average Bonchev–Trinajstić information content (AvgIpc) is 2.08. The van der Waals surface area contributed by atoms with E-state index in [2.05, 4.69) is 4.98 Å². The van der Waals surface area contributed by atoms with Gasteiger partial charge in [0.05, 0.1) is 6.42 Å². The minimum absolute atomic E-state index is 0.109. The topological polar surface area (TPSA) is 50.2 Å². The maximum absolute atomic E-state index is 12.6. The van der Waals surface area contributed by atoms with Gasteiger partial charge in [0.25, 0.3) is 6.43 Å². The van der Waals surface area contributed by atoms with Crippen molar-refractivity contribution in [3.05, 3.63) is 26.6 Å². The van der Waals surface area contributed by atoms with Gasteiger partial charge >= 0.3 is 5.97 Å². The Morgan fingerprint density at radius 1 is 1.67 bits per heavy atom. The van der Waals surface area contributed by atoms with E-state index in [-0.39, 0.29) is 11.1 Å². The molecule has 0 fully saturated rings. The van der Waals surface area contributed by atoms with Crippen LogP contribution in [0.3, 0.4) is 0 Å². The molecule has 1 N–H and O–H groups in total. The smallest absolute Gasteiger partial charge is 0.307 e. The zero-order chi connectivity index (χ0) is 11.6. The van der Waals surface area contributed by atoms with Crippen molar-refractivity contribution < 1.29 is 18.7 Å². The Bertz CT molecular complexity index is 396. The fourth-order valence-electron chi connectivity index (χ4n) is 1.26. The molecule has 0 saturated heterocycles. The Labute approximate surface area is 98.7 Å². The molecule has 15 heavy (non-hydrogen) atoms. The van der Waals surface area contributed by atoms with E-state index in [0.717, 1.165) is 0 Å². The van der Waals surface area contributed by atoms with Crippen LogP contribution < -0.4 is 0 Å². The molecule has 6 heteroatoms. The van der Waals surface area contributed by atoms with Crippen molar-refractivity contribution in [2.45, 2.75) is 19.8 Å². The van der Waals surface area contributed by atoms with Crippen LogP contribution in [0.4, 0.5) is 8.78 Å².